The molecule has 1 aliphatic heterocycles. The molecule has 23 heavy (non-hydrogen) atoms. The molecule has 3 aliphatic rings. The van der Waals surface area contributed by atoms with Crippen molar-refractivity contribution >= 4 is 5.97 Å². The van der Waals surface area contributed by atoms with Crippen molar-refractivity contribution in [2.75, 3.05) is 13.6 Å². The minimum absolute atomic E-state index is 0.0398. The fourth-order valence-corrected chi connectivity index (χ4v) is 5.65. The fraction of sp³-hybridized carbons (Fsp3) is 0.650. The number of fused-ring (bicyclic) bond motifs is 1. The molecule has 1 unspecified atom stereocenters. The lowest BCUT2D eigenvalue weighted by molar-refractivity contribution is -0.152. The van der Waals surface area contributed by atoms with Crippen LogP contribution < -0.4 is 0 Å². The van der Waals surface area contributed by atoms with E-state index in [4.69, 9.17) is 0 Å². The van der Waals surface area contributed by atoms with Crippen LogP contribution in [-0.4, -0.2) is 29.6 Å². The van der Waals surface area contributed by atoms with Gasteiger partial charge in [-0.2, -0.15) is 0 Å². The van der Waals surface area contributed by atoms with Gasteiger partial charge in [-0.1, -0.05) is 43.5 Å². The summed E-state index contributed by atoms with van der Waals surface area (Å²) in [6.45, 7) is 1.99. The van der Waals surface area contributed by atoms with Crippen LogP contribution in [0.4, 0.5) is 0 Å². The Kier molecular flexibility index (Phi) is 3.53. The van der Waals surface area contributed by atoms with Crippen molar-refractivity contribution in [3.8, 4) is 0 Å². The Balaban J connectivity index is 1.83. The Bertz CT molecular complexity index is 614. The molecule has 3 nitrogen and oxygen atoms in total. The van der Waals surface area contributed by atoms with E-state index in [1.165, 1.54) is 30.4 Å². The van der Waals surface area contributed by atoms with Gasteiger partial charge in [0.15, 0.2) is 0 Å². The molecule has 0 radical (unpaired) electrons. The standard InChI is InChI=1S/C20H27NO2/c1-21-13-15-7-3-4-8-16(15)17(14-21)19(9-5-2-6-10-19)20(11-12-20)18(22)23/h3-4,7-8,17H,2,5-6,9-14H2,1H3,(H,22,23). The monoisotopic (exact) mass is 313 g/mol. The van der Waals surface area contributed by atoms with Crippen LogP contribution in [-0.2, 0) is 11.3 Å². The quantitative estimate of drug-likeness (QED) is 0.916. The molecule has 0 spiro atoms. The molecule has 2 fully saturated rings. The van der Waals surface area contributed by atoms with Crippen LogP contribution in [0.15, 0.2) is 24.3 Å². The SMILES string of the molecule is CN1Cc2ccccc2C(C2(C3(C(=O)O)CC3)CCCCC2)C1. The summed E-state index contributed by atoms with van der Waals surface area (Å²) < 4.78 is 0. The molecule has 2 aliphatic carbocycles. The van der Waals surface area contributed by atoms with Crippen molar-refractivity contribution < 1.29 is 9.90 Å². The van der Waals surface area contributed by atoms with Gasteiger partial charge in [0.2, 0.25) is 0 Å². The maximum atomic E-state index is 12.2. The fourth-order valence-electron chi connectivity index (χ4n) is 5.65. The Hall–Kier alpha value is -1.35. The number of hydrogen-bond donors (Lipinski definition) is 1. The highest BCUT2D eigenvalue weighted by molar-refractivity contribution is 5.79. The highest BCUT2D eigenvalue weighted by Gasteiger charge is 2.67. The van der Waals surface area contributed by atoms with Crippen molar-refractivity contribution in [3.63, 3.8) is 0 Å². The largest absolute Gasteiger partial charge is 0.481 e. The predicted octanol–water partition coefficient (Wildman–Crippen LogP) is 4.03. The summed E-state index contributed by atoms with van der Waals surface area (Å²) in [6.07, 6.45) is 7.59. The average Bonchev–Trinajstić information content (AvgIpc) is 3.37. The summed E-state index contributed by atoms with van der Waals surface area (Å²) in [7, 11) is 2.18. The molecule has 3 heteroatoms. The Morgan fingerprint density at radius 3 is 2.48 bits per heavy atom. The van der Waals surface area contributed by atoms with Gasteiger partial charge in [-0.3, -0.25) is 4.79 Å². The second-order valence-corrected chi connectivity index (χ2v) is 8.05. The molecule has 1 aromatic rings. The summed E-state index contributed by atoms with van der Waals surface area (Å²) in [5, 5.41) is 10.1. The number of carboxylic acid groups (broad SMARTS) is 1. The lowest BCUT2D eigenvalue weighted by atomic mass is 9.54. The van der Waals surface area contributed by atoms with E-state index in [9.17, 15) is 9.90 Å². The maximum Gasteiger partial charge on any atom is 0.310 e. The summed E-state index contributed by atoms with van der Waals surface area (Å²) in [6, 6.07) is 8.75. The first kappa shape index (κ1) is 15.2. The molecule has 4 rings (SSSR count). The van der Waals surface area contributed by atoms with Crippen LogP contribution in [0.2, 0.25) is 0 Å². The minimum atomic E-state index is -0.537. The van der Waals surface area contributed by atoms with Gasteiger partial charge in [-0.15, -0.1) is 0 Å². The lowest BCUT2D eigenvalue weighted by Gasteiger charge is -2.51. The van der Waals surface area contributed by atoms with Gasteiger partial charge < -0.3 is 10.0 Å². The first-order chi connectivity index (χ1) is 11.1. The predicted molar refractivity (Wildman–Crippen MR) is 90.3 cm³/mol. The first-order valence-electron chi connectivity index (χ1n) is 9.09. The molecule has 1 aromatic carbocycles. The number of aliphatic carboxylic acids is 1. The van der Waals surface area contributed by atoms with Crippen LogP contribution in [0.3, 0.4) is 0 Å². The Morgan fingerprint density at radius 1 is 1.13 bits per heavy atom. The van der Waals surface area contributed by atoms with Gasteiger partial charge in [0.25, 0.3) is 0 Å². The third kappa shape index (κ3) is 2.16. The van der Waals surface area contributed by atoms with Crippen molar-refractivity contribution in [1.82, 2.24) is 4.90 Å². The van der Waals surface area contributed by atoms with Crippen molar-refractivity contribution in [3.05, 3.63) is 35.4 Å². The number of carbonyl (C=O) groups is 1. The molecule has 0 saturated heterocycles. The third-order valence-corrected chi connectivity index (χ3v) is 6.89. The summed E-state index contributed by atoms with van der Waals surface area (Å²) in [4.78, 5) is 14.6. The topological polar surface area (TPSA) is 40.5 Å². The van der Waals surface area contributed by atoms with Crippen LogP contribution in [0.25, 0.3) is 0 Å². The molecule has 1 N–H and O–H groups in total. The van der Waals surface area contributed by atoms with Crippen molar-refractivity contribution in [2.24, 2.45) is 10.8 Å². The molecular weight excluding hydrogens is 286 g/mol. The third-order valence-electron chi connectivity index (χ3n) is 6.89. The number of hydrogen-bond acceptors (Lipinski definition) is 2. The number of likely N-dealkylation sites (N-methyl/N-ethyl adjacent to an activating group) is 1. The summed E-state index contributed by atoms with van der Waals surface area (Å²) in [5.74, 6) is -0.165. The normalized spacial score (nSPS) is 28.8. The van der Waals surface area contributed by atoms with Gasteiger partial charge in [0, 0.05) is 19.0 Å². The highest BCUT2D eigenvalue weighted by atomic mass is 16.4. The molecule has 2 saturated carbocycles. The second-order valence-electron chi connectivity index (χ2n) is 8.05. The van der Waals surface area contributed by atoms with E-state index in [1.807, 2.05) is 0 Å². The molecular formula is C20H27NO2. The van der Waals surface area contributed by atoms with Gasteiger partial charge >= 0.3 is 5.97 Å². The van der Waals surface area contributed by atoms with Crippen LogP contribution >= 0.6 is 0 Å². The van der Waals surface area contributed by atoms with Crippen LogP contribution in [0.5, 0.6) is 0 Å². The van der Waals surface area contributed by atoms with Crippen molar-refractivity contribution in [2.45, 2.75) is 57.4 Å². The van der Waals surface area contributed by atoms with E-state index in [0.717, 1.165) is 38.8 Å². The smallest absolute Gasteiger partial charge is 0.310 e. The van der Waals surface area contributed by atoms with E-state index in [-0.39, 0.29) is 5.41 Å². The van der Waals surface area contributed by atoms with E-state index in [1.54, 1.807) is 0 Å². The zero-order valence-electron chi connectivity index (χ0n) is 14.1. The molecule has 1 atom stereocenters. The highest BCUT2D eigenvalue weighted by Crippen LogP contribution is 2.69. The van der Waals surface area contributed by atoms with Gasteiger partial charge in [-0.25, -0.2) is 0 Å². The molecule has 0 amide bonds. The van der Waals surface area contributed by atoms with Gasteiger partial charge in [-0.05, 0) is 49.3 Å². The van der Waals surface area contributed by atoms with E-state index in [2.05, 4.69) is 36.2 Å². The van der Waals surface area contributed by atoms with Gasteiger partial charge in [0.1, 0.15) is 0 Å². The van der Waals surface area contributed by atoms with Crippen molar-refractivity contribution in [1.29, 1.82) is 0 Å². The minimum Gasteiger partial charge on any atom is -0.481 e. The first-order valence-corrected chi connectivity index (χ1v) is 9.09. The molecule has 1 heterocycles. The molecule has 0 bridgehead atoms. The van der Waals surface area contributed by atoms with E-state index < -0.39 is 11.4 Å². The number of benzene rings is 1. The Labute approximate surface area is 138 Å². The van der Waals surface area contributed by atoms with Gasteiger partial charge in [0.05, 0.1) is 5.41 Å². The number of carboxylic acids is 1. The summed E-state index contributed by atoms with van der Waals surface area (Å²) in [5.41, 5.74) is 2.34. The molecule has 0 aromatic heterocycles. The zero-order chi connectivity index (χ0) is 16.1. The maximum absolute atomic E-state index is 12.2. The Morgan fingerprint density at radius 2 is 1.83 bits per heavy atom. The van der Waals surface area contributed by atoms with E-state index in [0.29, 0.717) is 5.92 Å². The summed E-state index contributed by atoms with van der Waals surface area (Å²) >= 11 is 0. The number of nitrogens with zero attached hydrogens (tertiary/aromatic N) is 1. The lowest BCUT2D eigenvalue weighted by Crippen LogP contribution is -2.49. The number of rotatable bonds is 3. The second kappa shape index (κ2) is 5.34. The molecule has 124 valence electrons. The zero-order valence-corrected chi connectivity index (χ0v) is 14.1. The van der Waals surface area contributed by atoms with Crippen LogP contribution in [0.1, 0.15) is 62.0 Å². The van der Waals surface area contributed by atoms with Crippen LogP contribution in [0, 0.1) is 10.8 Å². The average molecular weight is 313 g/mol. The van der Waals surface area contributed by atoms with E-state index >= 15 is 0 Å².